The number of nitrogens with zero attached hydrogens (tertiary/aromatic N) is 3. The summed E-state index contributed by atoms with van der Waals surface area (Å²) in [6.45, 7) is 5.80. The summed E-state index contributed by atoms with van der Waals surface area (Å²) in [6, 6.07) is 7.78. The number of hydrogen-bond donors (Lipinski definition) is 0. The zero-order valence-corrected chi connectivity index (χ0v) is 12.5. The lowest BCUT2D eigenvalue weighted by molar-refractivity contribution is -0.135. The molecule has 0 unspecified atom stereocenters. The second-order valence-electron chi connectivity index (χ2n) is 5.61. The van der Waals surface area contributed by atoms with E-state index in [4.69, 9.17) is 0 Å². The van der Waals surface area contributed by atoms with Crippen molar-refractivity contribution in [1.82, 2.24) is 14.7 Å². The number of fused-ring (bicyclic) bond motifs is 1. The summed E-state index contributed by atoms with van der Waals surface area (Å²) >= 11 is 0. The monoisotopic (exact) mass is 283 g/mol. The number of amides is 2. The first kappa shape index (κ1) is 13.5. The highest BCUT2D eigenvalue weighted by Gasteiger charge is 2.35. The number of rotatable bonds is 2. The Hall–Kier alpha value is -2.43. The summed E-state index contributed by atoms with van der Waals surface area (Å²) in [7, 11) is 1.50. The van der Waals surface area contributed by atoms with Gasteiger partial charge in [-0.05, 0) is 18.9 Å². The maximum Gasteiger partial charge on any atom is 0.279 e. The minimum absolute atomic E-state index is 0.238. The Morgan fingerprint density at radius 3 is 2.33 bits per heavy atom. The number of aromatic nitrogens is 2. The largest absolute Gasteiger partial charge is 0.279 e. The first-order valence-corrected chi connectivity index (χ1v) is 6.94. The molecule has 0 radical (unpaired) electrons. The Balaban J connectivity index is 2.32. The minimum atomic E-state index is -0.305. The van der Waals surface area contributed by atoms with Crippen LogP contribution in [0.1, 0.15) is 32.4 Å². The standard InChI is InChI=1S/C16H17N3O2/c1-9(2)13-11-7-5-6-8-12(11)19(17-13)14-10(3)15(20)18(4)16(14)21/h5-9H,1-4H3. The van der Waals surface area contributed by atoms with Crippen molar-refractivity contribution in [2.45, 2.75) is 26.7 Å². The highest BCUT2D eigenvalue weighted by molar-refractivity contribution is 6.32. The molecule has 2 heterocycles. The summed E-state index contributed by atoms with van der Waals surface area (Å²) < 4.78 is 1.61. The molecule has 108 valence electrons. The molecule has 0 bridgehead atoms. The number of imide groups is 1. The second kappa shape index (κ2) is 4.55. The molecule has 1 aromatic carbocycles. The number of benzene rings is 1. The average Bonchev–Trinajstić information content (AvgIpc) is 2.93. The zero-order valence-electron chi connectivity index (χ0n) is 12.5. The molecular formula is C16H17N3O2. The lowest BCUT2D eigenvalue weighted by Gasteiger charge is -2.07. The van der Waals surface area contributed by atoms with Crippen LogP contribution in [0.2, 0.25) is 0 Å². The molecule has 0 N–H and O–H groups in total. The van der Waals surface area contributed by atoms with Gasteiger partial charge in [0.05, 0.1) is 11.2 Å². The highest BCUT2D eigenvalue weighted by Crippen LogP contribution is 2.30. The van der Waals surface area contributed by atoms with Crippen LogP contribution < -0.4 is 0 Å². The summed E-state index contributed by atoms with van der Waals surface area (Å²) in [4.78, 5) is 25.5. The molecule has 1 aliphatic rings. The molecular weight excluding hydrogens is 266 g/mol. The Morgan fingerprint density at radius 2 is 1.76 bits per heavy atom. The van der Waals surface area contributed by atoms with Gasteiger partial charge in [-0.2, -0.15) is 5.10 Å². The first-order valence-electron chi connectivity index (χ1n) is 6.94. The molecule has 0 atom stereocenters. The lowest BCUT2D eigenvalue weighted by atomic mass is 10.1. The Bertz CT molecular complexity index is 799. The van der Waals surface area contributed by atoms with Gasteiger partial charge in [-0.1, -0.05) is 32.0 Å². The molecule has 0 fully saturated rings. The lowest BCUT2D eigenvalue weighted by Crippen LogP contribution is -2.27. The van der Waals surface area contributed by atoms with E-state index in [9.17, 15) is 9.59 Å². The van der Waals surface area contributed by atoms with Crippen LogP contribution in [0.25, 0.3) is 16.6 Å². The van der Waals surface area contributed by atoms with Crippen LogP contribution in [0, 0.1) is 0 Å². The summed E-state index contributed by atoms with van der Waals surface area (Å²) in [6.07, 6.45) is 0. The van der Waals surface area contributed by atoms with Gasteiger partial charge in [-0.25, -0.2) is 4.68 Å². The second-order valence-corrected chi connectivity index (χ2v) is 5.61. The van der Waals surface area contributed by atoms with Crippen molar-refractivity contribution in [2.24, 2.45) is 0 Å². The van der Waals surface area contributed by atoms with Crippen molar-refractivity contribution in [2.75, 3.05) is 7.05 Å². The third kappa shape index (κ3) is 1.81. The van der Waals surface area contributed by atoms with E-state index >= 15 is 0 Å². The molecule has 0 saturated carbocycles. The normalized spacial score (nSPS) is 16.0. The Labute approximate surface area is 122 Å². The maximum absolute atomic E-state index is 12.3. The van der Waals surface area contributed by atoms with Crippen molar-refractivity contribution >= 4 is 28.4 Å². The van der Waals surface area contributed by atoms with Gasteiger partial charge in [-0.3, -0.25) is 14.5 Å². The Kier molecular flexibility index (Phi) is 2.93. The minimum Gasteiger partial charge on any atom is -0.276 e. The maximum atomic E-state index is 12.3. The fraction of sp³-hybridized carbons (Fsp3) is 0.312. The summed E-state index contributed by atoms with van der Waals surface area (Å²) in [5.41, 5.74) is 2.57. The number of para-hydroxylation sites is 1. The quantitative estimate of drug-likeness (QED) is 0.795. The van der Waals surface area contributed by atoms with Crippen LogP contribution in [0.5, 0.6) is 0 Å². The van der Waals surface area contributed by atoms with E-state index in [1.807, 2.05) is 24.3 Å². The molecule has 3 rings (SSSR count). The third-order valence-electron chi connectivity index (χ3n) is 3.86. The van der Waals surface area contributed by atoms with E-state index in [0.717, 1.165) is 21.5 Å². The van der Waals surface area contributed by atoms with E-state index < -0.39 is 0 Å². The topological polar surface area (TPSA) is 55.2 Å². The van der Waals surface area contributed by atoms with Gasteiger partial charge >= 0.3 is 0 Å². The summed E-state index contributed by atoms with van der Waals surface area (Å²) in [5.74, 6) is -0.330. The van der Waals surface area contributed by atoms with Gasteiger partial charge in [0.2, 0.25) is 0 Å². The average molecular weight is 283 g/mol. The van der Waals surface area contributed by atoms with Gasteiger partial charge in [0, 0.05) is 18.0 Å². The number of hydrogen-bond acceptors (Lipinski definition) is 3. The SMILES string of the molecule is CC1=C(n2nc(C(C)C)c3ccccc32)C(=O)N(C)C1=O. The molecule has 5 heteroatoms. The van der Waals surface area contributed by atoms with E-state index in [0.29, 0.717) is 11.3 Å². The van der Waals surface area contributed by atoms with Crippen LogP contribution in [0.15, 0.2) is 29.8 Å². The fourth-order valence-corrected chi connectivity index (χ4v) is 2.70. The number of likely N-dealkylation sites (N-methyl/N-ethyl adjacent to an activating group) is 1. The molecule has 0 spiro atoms. The van der Waals surface area contributed by atoms with Gasteiger partial charge in [-0.15, -0.1) is 0 Å². The molecule has 2 amide bonds. The smallest absolute Gasteiger partial charge is 0.276 e. The van der Waals surface area contributed by atoms with Crippen LogP contribution in [-0.2, 0) is 9.59 Å². The molecule has 1 aromatic heterocycles. The van der Waals surface area contributed by atoms with E-state index in [-0.39, 0.29) is 17.7 Å². The van der Waals surface area contributed by atoms with Crippen molar-refractivity contribution in [3.8, 4) is 0 Å². The predicted octanol–water partition coefficient (Wildman–Crippen LogP) is 2.39. The van der Waals surface area contributed by atoms with Crippen LogP contribution in [0.3, 0.4) is 0 Å². The third-order valence-corrected chi connectivity index (χ3v) is 3.86. The van der Waals surface area contributed by atoms with Crippen LogP contribution in [0.4, 0.5) is 0 Å². The van der Waals surface area contributed by atoms with Crippen molar-refractivity contribution < 1.29 is 9.59 Å². The van der Waals surface area contributed by atoms with Crippen LogP contribution in [-0.4, -0.2) is 33.5 Å². The molecule has 2 aromatic rings. The molecule has 5 nitrogen and oxygen atoms in total. The number of carbonyl (C=O) groups excluding carboxylic acids is 2. The zero-order chi connectivity index (χ0) is 15.3. The van der Waals surface area contributed by atoms with Gasteiger partial charge < -0.3 is 0 Å². The van der Waals surface area contributed by atoms with Crippen molar-refractivity contribution in [1.29, 1.82) is 0 Å². The number of carbonyl (C=O) groups is 2. The molecule has 21 heavy (non-hydrogen) atoms. The van der Waals surface area contributed by atoms with Gasteiger partial charge in [0.1, 0.15) is 5.70 Å². The van der Waals surface area contributed by atoms with Crippen molar-refractivity contribution in [3.05, 3.63) is 35.5 Å². The van der Waals surface area contributed by atoms with E-state index in [2.05, 4.69) is 18.9 Å². The molecule has 0 aliphatic carbocycles. The molecule has 1 aliphatic heterocycles. The Morgan fingerprint density at radius 1 is 1.10 bits per heavy atom. The summed E-state index contributed by atoms with van der Waals surface area (Å²) in [5, 5.41) is 5.62. The van der Waals surface area contributed by atoms with Gasteiger partial charge in [0.25, 0.3) is 11.8 Å². The predicted molar refractivity (Wildman–Crippen MR) is 80.5 cm³/mol. The first-order chi connectivity index (χ1) is 9.93. The highest BCUT2D eigenvalue weighted by atomic mass is 16.2. The van der Waals surface area contributed by atoms with Gasteiger partial charge in [0.15, 0.2) is 0 Å². The van der Waals surface area contributed by atoms with Crippen LogP contribution >= 0.6 is 0 Å². The fourth-order valence-electron chi connectivity index (χ4n) is 2.70. The van der Waals surface area contributed by atoms with Crippen molar-refractivity contribution in [3.63, 3.8) is 0 Å². The van der Waals surface area contributed by atoms with E-state index in [1.54, 1.807) is 11.6 Å². The molecule has 0 saturated heterocycles. The van der Waals surface area contributed by atoms with E-state index in [1.165, 1.54) is 7.05 Å².